The van der Waals surface area contributed by atoms with Crippen LogP contribution in [0.4, 0.5) is 10.1 Å². The molecule has 1 N–H and O–H groups in total. The van der Waals surface area contributed by atoms with Crippen LogP contribution >= 0.6 is 15.9 Å². The van der Waals surface area contributed by atoms with Gasteiger partial charge in [0.15, 0.2) is 0 Å². The summed E-state index contributed by atoms with van der Waals surface area (Å²) in [7, 11) is -2.67. The van der Waals surface area contributed by atoms with E-state index < -0.39 is 21.8 Å². The number of carbonyl (C=O) groups is 1. The maximum Gasteiger partial charge on any atom is 0.246 e. The molecule has 0 aliphatic carbocycles. The van der Waals surface area contributed by atoms with Gasteiger partial charge in [-0.1, -0.05) is 15.9 Å². The van der Waals surface area contributed by atoms with Gasteiger partial charge in [0, 0.05) is 23.2 Å². The molecule has 1 aliphatic heterocycles. The Morgan fingerprint density at radius 2 is 1.90 bits per heavy atom. The normalized spacial score (nSPS) is 17.6. The Morgan fingerprint density at radius 3 is 2.53 bits per heavy atom. The van der Waals surface area contributed by atoms with Gasteiger partial charge in [0.05, 0.1) is 13.0 Å². The Morgan fingerprint density at radius 1 is 1.23 bits per heavy atom. The highest BCUT2D eigenvalue weighted by atomic mass is 79.9. The average Bonchev–Trinajstić information content (AvgIpc) is 2.70. The van der Waals surface area contributed by atoms with Gasteiger partial charge in [0.25, 0.3) is 0 Å². The van der Waals surface area contributed by atoms with Crippen LogP contribution in [0.25, 0.3) is 0 Å². The molecule has 0 bridgehead atoms. The lowest BCUT2D eigenvalue weighted by molar-refractivity contribution is -0.120. The molecule has 9 heteroatoms. The number of sulfonamides is 1. The number of hydrogen-bond acceptors (Lipinski definition) is 4. The van der Waals surface area contributed by atoms with Crippen LogP contribution in [0.5, 0.6) is 5.75 Å². The van der Waals surface area contributed by atoms with E-state index in [1.807, 2.05) is 26.0 Å². The molecule has 1 atom stereocenters. The first-order chi connectivity index (χ1) is 14.1. The Hall–Kier alpha value is -1.97. The van der Waals surface area contributed by atoms with Crippen LogP contribution in [-0.4, -0.2) is 38.8 Å². The van der Waals surface area contributed by atoms with Crippen LogP contribution < -0.4 is 10.1 Å². The van der Waals surface area contributed by atoms with E-state index >= 15 is 0 Å². The molecule has 2 aromatic carbocycles. The summed E-state index contributed by atoms with van der Waals surface area (Å²) >= 11 is 3.44. The minimum Gasteiger partial charge on any atom is -0.495 e. The third-order valence-electron chi connectivity index (χ3n) is 5.24. The van der Waals surface area contributed by atoms with E-state index in [1.54, 1.807) is 0 Å². The molecule has 6 nitrogen and oxygen atoms in total. The van der Waals surface area contributed by atoms with E-state index in [2.05, 4.69) is 21.2 Å². The summed E-state index contributed by atoms with van der Waals surface area (Å²) in [6.07, 6.45) is 1.11. The lowest BCUT2D eigenvalue weighted by Crippen LogP contribution is -2.43. The van der Waals surface area contributed by atoms with Crippen LogP contribution in [0.1, 0.15) is 24.0 Å². The summed E-state index contributed by atoms with van der Waals surface area (Å²) in [5.74, 6) is -1.32. The molecule has 1 saturated heterocycles. The van der Waals surface area contributed by atoms with Gasteiger partial charge < -0.3 is 10.1 Å². The number of nitrogens with one attached hydrogen (secondary N) is 1. The highest BCUT2D eigenvalue weighted by Crippen LogP contribution is 2.31. The van der Waals surface area contributed by atoms with Gasteiger partial charge in [-0.25, -0.2) is 12.8 Å². The van der Waals surface area contributed by atoms with Crippen LogP contribution in [-0.2, 0) is 14.8 Å². The molecule has 0 spiro atoms. The smallest absolute Gasteiger partial charge is 0.246 e. The predicted molar refractivity (Wildman–Crippen MR) is 117 cm³/mol. The lowest BCUT2D eigenvalue weighted by Gasteiger charge is -2.31. The van der Waals surface area contributed by atoms with Crippen LogP contribution in [0.15, 0.2) is 39.7 Å². The Labute approximate surface area is 184 Å². The topological polar surface area (TPSA) is 75.7 Å². The lowest BCUT2D eigenvalue weighted by atomic mass is 9.98. The molecule has 0 saturated carbocycles. The number of methoxy groups -OCH3 is 1. The number of hydrogen-bond donors (Lipinski definition) is 1. The molecule has 30 heavy (non-hydrogen) atoms. The van der Waals surface area contributed by atoms with Crippen molar-refractivity contribution in [2.45, 2.75) is 31.6 Å². The SMILES string of the molecule is COc1ccc(F)cc1S(=O)(=O)N1CCCC(C(=O)Nc2c(C)cc(Br)cc2C)C1. The second-order valence-electron chi connectivity index (χ2n) is 7.40. The first kappa shape index (κ1) is 22.7. The van der Waals surface area contributed by atoms with Gasteiger partial charge in [0.2, 0.25) is 15.9 Å². The summed E-state index contributed by atoms with van der Waals surface area (Å²) in [5.41, 5.74) is 2.56. The fourth-order valence-corrected chi connectivity index (χ4v) is 6.08. The first-order valence-corrected chi connectivity index (χ1v) is 11.8. The van der Waals surface area contributed by atoms with Gasteiger partial charge in [-0.15, -0.1) is 0 Å². The van der Waals surface area contributed by atoms with Gasteiger partial charge in [-0.3, -0.25) is 4.79 Å². The van der Waals surface area contributed by atoms with Crippen LogP contribution in [0, 0.1) is 25.6 Å². The second-order valence-corrected chi connectivity index (χ2v) is 10.2. The molecule has 0 aromatic heterocycles. The Kier molecular flexibility index (Phi) is 6.84. The summed E-state index contributed by atoms with van der Waals surface area (Å²) in [6, 6.07) is 7.21. The van der Waals surface area contributed by atoms with Gasteiger partial charge in [0.1, 0.15) is 16.5 Å². The van der Waals surface area contributed by atoms with Gasteiger partial charge in [-0.05, 0) is 68.1 Å². The zero-order chi connectivity index (χ0) is 22.1. The van der Waals surface area contributed by atoms with Gasteiger partial charge >= 0.3 is 0 Å². The average molecular weight is 499 g/mol. The van der Waals surface area contributed by atoms with Crippen LogP contribution in [0.2, 0.25) is 0 Å². The summed E-state index contributed by atoms with van der Waals surface area (Å²) in [5, 5.41) is 2.95. The molecule has 1 amide bonds. The standard InChI is InChI=1S/C21H24BrFN2O4S/c1-13-9-16(22)10-14(2)20(13)24-21(26)15-5-4-8-25(12-15)30(27,28)19-11-17(23)6-7-18(19)29-3/h6-7,9-11,15H,4-5,8,12H2,1-3H3,(H,24,26). The Bertz CT molecular complexity index is 1050. The van der Waals surface area contributed by atoms with Crippen molar-refractivity contribution < 1.29 is 22.3 Å². The maximum absolute atomic E-state index is 13.7. The van der Waals surface area contributed by atoms with E-state index in [-0.39, 0.29) is 29.6 Å². The van der Waals surface area contributed by atoms with E-state index in [0.29, 0.717) is 12.8 Å². The molecule has 162 valence electrons. The molecule has 1 heterocycles. The predicted octanol–water partition coefficient (Wildman–Crippen LogP) is 4.25. The second kappa shape index (κ2) is 9.03. The minimum absolute atomic E-state index is 0.0302. The van der Waals surface area contributed by atoms with Crippen molar-refractivity contribution in [1.29, 1.82) is 0 Å². The van der Waals surface area contributed by atoms with Crippen molar-refractivity contribution in [1.82, 2.24) is 4.31 Å². The molecular weight excluding hydrogens is 475 g/mol. The number of piperidine rings is 1. The first-order valence-electron chi connectivity index (χ1n) is 9.54. The summed E-state index contributed by atoms with van der Waals surface area (Å²) < 4.78 is 47.3. The highest BCUT2D eigenvalue weighted by molar-refractivity contribution is 9.10. The van der Waals surface area contributed by atoms with E-state index in [0.717, 1.165) is 33.4 Å². The zero-order valence-electron chi connectivity index (χ0n) is 17.0. The van der Waals surface area contributed by atoms with Crippen molar-refractivity contribution in [3.63, 3.8) is 0 Å². The molecular formula is C21H24BrFN2O4S. The number of halogens is 2. The molecule has 1 fully saturated rings. The zero-order valence-corrected chi connectivity index (χ0v) is 19.4. The minimum atomic E-state index is -4.01. The largest absolute Gasteiger partial charge is 0.495 e. The number of ether oxygens (including phenoxy) is 1. The quantitative estimate of drug-likeness (QED) is 0.668. The fourth-order valence-electron chi connectivity index (χ4n) is 3.70. The van der Waals surface area contributed by atoms with Crippen molar-refractivity contribution in [3.05, 3.63) is 51.7 Å². The molecule has 3 rings (SSSR count). The third-order valence-corrected chi connectivity index (χ3v) is 7.59. The summed E-state index contributed by atoms with van der Waals surface area (Å²) in [6.45, 7) is 4.10. The van der Waals surface area contributed by atoms with E-state index in [1.165, 1.54) is 17.5 Å². The Balaban J connectivity index is 1.82. The number of anilines is 1. The number of carbonyl (C=O) groups excluding carboxylic acids is 1. The van der Waals surface area contributed by atoms with E-state index in [4.69, 9.17) is 4.74 Å². The number of aryl methyl sites for hydroxylation is 2. The monoisotopic (exact) mass is 498 g/mol. The molecule has 1 aliphatic rings. The number of amides is 1. The highest BCUT2D eigenvalue weighted by Gasteiger charge is 2.35. The molecule has 2 aromatic rings. The van der Waals surface area contributed by atoms with Crippen molar-refractivity contribution in [3.8, 4) is 5.75 Å². The van der Waals surface area contributed by atoms with Crippen molar-refractivity contribution in [2.24, 2.45) is 5.92 Å². The van der Waals surface area contributed by atoms with Crippen molar-refractivity contribution in [2.75, 3.05) is 25.5 Å². The maximum atomic E-state index is 13.7. The van der Waals surface area contributed by atoms with Crippen LogP contribution in [0.3, 0.4) is 0 Å². The number of rotatable bonds is 5. The van der Waals surface area contributed by atoms with Crippen molar-refractivity contribution >= 4 is 37.5 Å². The number of nitrogens with zero attached hydrogens (tertiary/aromatic N) is 1. The third kappa shape index (κ3) is 4.68. The molecule has 0 radical (unpaired) electrons. The summed E-state index contributed by atoms with van der Waals surface area (Å²) in [4.78, 5) is 12.7. The fraction of sp³-hybridized carbons (Fsp3) is 0.381. The number of benzene rings is 2. The van der Waals surface area contributed by atoms with E-state index in [9.17, 15) is 17.6 Å². The van der Waals surface area contributed by atoms with Gasteiger partial charge in [-0.2, -0.15) is 4.31 Å². The molecule has 1 unspecified atom stereocenters.